The van der Waals surface area contributed by atoms with Gasteiger partial charge in [-0.05, 0) is 47.5 Å². The summed E-state index contributed by atoms with van der Waals surface area (Å²) in [6.07, 6.45) is -4.35. The van der Waals surface area contributed by atoms with Gasteiger partial charge in [0.1, 0.15) is 11.6 Å². The van der Waals surface area contributed by atoms with Crippen LogP contribution < -0.4 is 4.74 Å². The predicted molar refractivity (Wildman–Crippen MR) is 103 cm³/mol. The Morgan fingerprint density at radius 3 is 2.50 bits per heavy atom. The van der Waals surface area contributed by atoms with E-state index in [1.165, 1.54) is 6.07 Å². The number of benzene rings is 2. The number of rotatable bonds is 2. The molecular weight excluding hydrogens is 435 g/mol. The van der Waals surface area contributed by atoms with Crippen molar-refractivity contribution in [3.63, 3.8) is 0 Å². The van der Waals surface area contributed by atoms with Crippen LogP contribution in [0.2, 0.25) is 0 Å². The zero-order chi connectivity index (χ0) is 20.1. The van der Waals surface area contributed by atoms with Gasteiger partial charge in [-0.15, -0.1) is 13.2 Å². The highest BCUT2D eigenvalue weighted by Crippen LogP contribution is 2.36. The van der Waals surface area contributed by atoms with Gasteiger partial charge in [-0.2, -0.15) is 5.10 Å². The van der Waals surface area contributed by atoms with E-state index in [-0.39, 0.29) is 10.2 Å². The molecule has 4 rings (SSSR count). The van der Waals surface area contributed by atoms with E-state index in [4.69, 9.17) is 5.10 Å². The van der Waals surface area contributed by atoms with E-state index in [0.717, 1.165) is 28.3 Å². The first-order valence-electron chi connectivity index (χ1n) is 8.50. The molecule has 1 aromatic heterocycles. The number of alkyl halides is 3. The molecule has 0 unspecified atom stereocenters. The maximum Gasteiger partial charge on any atom is 0.573 e. The van der Waals surface area contributed by atoms with Crippen molar-refractivity contribution >= 4 is 21.6 Å². The third kappa shape index (κ3) is 3.44. The number of ether oxygens (including phenoxy) is 1. The van der Waals surface area contributed by atoms with Crippen LogP contribution in [0.3, 0.4) is 0 Å². The molecule has 0 saturated heterocycles. The number of nitrogens with zero attached hydrogens (tertiary/aromatic N) is 3. The molecule has 0 radical (unpaired) electrons. The maximum atomic E-state index is 12.8. The van der Waals surface area contributed by atoms with Gasteiger partial charge in [0.25, 0.3) is 0 Å². The molecule has 0 aliphatic carbocycles. The van der Waals surface area contributed by atoms with Crippen molar-refractivity contribution in [2.75, 3.05) is 0 Å². The van der Waals surface area contributed by atoms with Gasteiger partial charge in [0, 0.05) is 17.5 Å². The summed E-state index contributed by atoms with van der Waals surface area (Å²) in [6, 6.07) is 12.4. The van der Waals surface area contributed by atoms with Crippen molar-refractivity contribution in [1.82, 2.24) is 9.66 Å². The van der Waals surface area contributed by atoms with Crippen molar-refractivity contribution < 1.29 is 17.9 Å². The Bertz CT molecular complexity index is 1090. The first-order chi connectivity index (χ1) is 13.2. The predicted octanol–water partition coefficient (Wildman–Crippen LogP) is 5.37. The minimum Gasteiger partial charge on any atom is -0.405 e. The average Bonchev–Trinajstić information content (AvgIpc) is 2.80. The van der Waals surface area contributed by atoms with Crippen LogP contribution in [0.25, 0.3) is 0 Å². The van der Waals surface area contributed by atoms with Crippen LogP contribution >= 0.6 is 15.9 Å². The van der Waals surface area contributed by atoms with Crippen LogP contribution in [-0.4, -0.2) is 21.7 Å². The Balaban J connectivity index is 1.97. The van der Waals surface area contributed by atoms with E-state index in [1.807, 2.05) is 44.2 Å². The Hall–Kier alpha value is -2.61. The Labute approximate surface area is 167 Å². The highest BCUT2D eigenvalue weighted by Gasteiger charge is 2.33. The van der Waals surface area contributed by atoms with Gasteiger partial charge >= 0.3 is 6.36 Å². The molecule has 4 nitrogen and oxygen atoms in total. The first-order valence-corrected chi connectivity index (χ1v) is 9.30. The average molecular weight is 450 g/mol. The number of imidazole rings is 1. The lowest BCUT2D eigenvalue weighted by atomic mass is 9.95. The van der Waals surface area contributed by atoms with Gasteiger partial charge in [0.2, 0.25) is 0 Å². The number of halogens is 4. The van der Waals surface area contributed by atoms with E-state index in [1.54, 1.807) is 10.7 Å². The fourth-order valence-corrected chi connectivity index (χ4v) is 3.69. The molecule has 3 aromatic rings. The van der Waals surface area contributed by atoms with Crippen LogP contribution in [0.5, 0.6) is 5.75 Å². The molecule has 2 aromatic carbocycles. The zero-order valence-corrected chi connectivity index (χ0v) is 16.6. The molecular formula is C20H15BrF3N3O. The molecule has 1 aliphatic heterocycles. The van der Waals surface area contributed by atoms with E-state index in [0.29, 0.717) is 17.7 Å². The van der Waals surface area contributed by atoms with Gasteiger partial charge < -0.3 is 4.74 Å². The fourth-order valence-electron chi connectivity index (χ4n) is 3.21. The molecule has 0 amide bonds. The number of hydrogen-bond donors (Lipinski definition) is 0. The van der Waals surface area contributed by atoms with Crippen LogP contribution in [0.1, 0.15) is 33.9 Å². The molecule has 8 heteroatoms. The third-order valence-electron chi connectivity index (χ3n) is 4.62. The number of aryl methyl sites for hydroxylation is 1. The second kappa shape index (κ2) is 6.77. The summed E-state index contributed by atoms with van der Waals surface area (Å²) in [4.78, 5) is 4.58. The molecule has 0 bridgehead atoms. The second-order valence-corrected chi connectivity index (χ2v) is 7.34. The SMILES string of the molecule is Cc1nc2n(c1C)N=C(c1ccccc1)c1cc(OC(F)(F)F)c(Br)cc1C2. The number of aromatic nitrogens is 2. The summed E-state index contributed by atoms with van der Waals surface area (Å²) >= 11 is 3.20. The van der Waals surface area contributed by atoms with Gasteiger partial charge in [-0.3, -0.25) is 0 Å². The van der Waals surface area contributed by atoms with Crippen LogP contribution in [0.15, 0.2) is 52.0 Å². The summed E-state index contributed by atoms with van der Waals surface area (Å²) in [5.41, 5.74) is 4.51. The van der Waals surface area contributed by atoms with Crippen LogP contribution in [-0.2, 0) is 6.42 Å². The summed E-state index contributed by atoms with van der Waals surface area (Å²) < 4.78 is 44.7. The smallest absolute Gasteiger partial charge is 0.405 e. The van der Waals surface area contributed by atoms with Gasteiger partial charge in [-0.1, -0.05) is 30.3 Å². The molecule has 1 aliphatic rings. The molecule has 0 saturated carbocycles. The van der Waals surface area contributed by atoms with E-state index >= 15 is 0 Å². The summed E-state index contributed by atoms with van der Waals surface area (Å²) in [6.45, 7) is 3.83. The van der Waals surface area contributed by atoms with Crippen molar-refractivity contribution in [2.45, 2.75) is 26.6 Å². The molecule has 0 fully saturated rings. The van der Waals surface area contributed by atoms with Crippen molar-refractivity contribution in [3.8, 4) is 5.75 Å². The summed E-state index contributed by atoms with van der Waals surface area (Å²) in [5.74, 6) is 0.431. The summed E-state index contributed by atoms with van der Waals surface area (Å²) in [7, 11) is 0. The highest BCUT2D eigenvalue weighted by atomic mass is 79.9. The summed E-state index contributed by atoms with van der Waals surface area (Å²) in [5, 5.41) is 4.76. The topological polar surface area (TPSA) is 39.4 Å². The second-order valence-electron chi connectivity index (χ2n) is 6.49. The van der Waals surface area contributed by atoms with Crippen LogP contribution in [0, 0.1) is 13.8 Å². The molecule has 0 N–H and O–H groups in total. The standard InChI is InChI=1S/C20H15BrF3N3O/c1-11-12(2)27-18(25-11)9-14-8-16(21)17(28-20(22,23)24)10-15(14)19(26-27)13-6-4-3-5-7-13/h3-8,10H,9H2,1-2H3. The molecule has 2 heterocycles. The highest BCUT2D eigenvalue weighted by molar-refractivity contribution is 9.10. The molecule has 28 heavy (non-hydrogen) atoms. The van der Waals surface area contributed by atoms with Gasteiger partial charge in [0.05, 0.1) is 21.6 Å². The van der Waals surface area contributed by atoms with Gasteiger partial charge in [-0.25, -0.2) is 9.66 Å². The van der Waals surface area contributed by atoms with Crippen molar-refractivity contribution in [1.29, 1.82) is 0 Å². The minimum atomic E-state index is -4.79. The first kappa shape index (κ1) is 18.7. The maximum absolute atomic E-state index is 12.8. The Morgan fingerprint density at radius 2 is 1.82 bits per heavy atom. The van der Waals surface area contributed by atoms with E-state index in [2.05, 4.69) is 25.7 Å². The molecule has 144 valence electrons. The lowest BCUT2D eigenvalue weighted by Gasteiger charge is -2.15. The minimum absolute atomic E-state index is 0.226. The fraction of sp³-hybridized carbons (Fsp3) is 0.200. The Morgan fingerprint density at radius 1 is 1.11 bits per heavy atom. The normalized spacial score (nSPS) is 13.4. The monoisotopic (exact) mass is 449 g/mol. The lowest BCUT2D eigenvalue weighted by Crippen LogP contribution is -2.18. The quantitative estimate of drug-likeness (QED) is 0.412. The van der Waals surface area contributed by atoms with Gasteiger partial charge in [0.15, 0.2) is 0 Å². The molecule has 0 spiro atoms. The largest absolute Gasteiger partial charge is 0.573 e. The third-order valence-corrected chi connectivity index (χ3v) is 5.24. The molecule has 0 atom stereocenters. The zero-order valence-electron chi connectivity index (χ0n) is 15.0. The van der Waals surface area contributed by atoms with Crippen LogP contribution in [0.4, 0.5) is 13.2 Å². The number of fused-ring (bicyclic) bond motifs is 2. The Kier molecular flexibility index (Phi) is 4.53. The lowest BCUT2D eigenvalue weighted by molar-refractivity contribution is -0.274. The van der Waals surface area contributed by atoms with Crippen molar-refractivity contribution in [2.24, 2.45) is 5.10 Å². The van der Waals surface area contributed by atoms with E-state index < -0.39 is 6.36 Å². The van der Waals surface area contributed by atoms with Crippen molar-refractivity contribution in [3.05, 3.63) is 80.8 Å². The number of hydrogen-bond acceptors (Lipinski definition) is 3. The van der Waals surface area contributed by atoms with E-state index in [9.17, 15) is 13.2 Å².